The minimum absolute atomic E-state index is 0.108. The number of hydrogen-bond acceptors (Lipinski definition) is 2. The summed E-state index contributed by atoms with van der Waals surface area (Å²) >= 11 is 3.32. The fourth-order valence-electron chi connectivity index (χ4n) is 1.47. The number of hydrogen-bond donors (Lipinski definition) is 2. The van der Waals surface area contributed by atoms with Crippen molar-refractivity contribution in [3.8, 4) is 0 Å². The van der Waals surface area contributed by atoms with E-state index in [0.29, 0.717) is 18.5 Å². The van der Waals surface area contributed by atoms with Crippen molar-refractivity contribution >= 4 is 21.8 Å². The predicted octanol–water partition coefficient (Wildman–Crippen LogP) is 2.58. The van der Waals surface area contributed by atoms with E-state index < -0.39 is 5.41 Å². The molecule has 0 radical (unpaired) electrons. The molecule has 18 heavy (non-hydrogen) atoms. The highest BCUT2D eigenvalue weighted by atomic mass is 79.9. The van der Waals surface area contributed by atoms with Crippen molar-refractivity contribution in [3.05, 3.63) is 34.1 Å². The number of carbonyl (C=O) groups is 1. The maximum atomic E-state index is 13.1. The molecule has 5 heteroatoms. The normalized spacial score (nSPS) is 14.1. The van der Waals surface area contributed by atoms with Crippen molar-refractivity contribution in [2.24, 2.45) is 11.1 Å². The van der Waals surface area contributed by atoms with Gasteiger partial charge in [-0.3, -0.25) is 4.79 Å². The molecular weight excluding hydrogens is 299 g/mol. The molecule has 0 aromatic heterocycles. The highest BCUT2D eigenvalue weighted by molar-refractivity contribution is 9.10. The third-order valence-electron chi connectivity index (χ3n) is 3.23. The highest BCUT2D eigenvalue weighted by Crippen LogP contribution is 2.21. The van der Waals surface area contributed by atoms with Crippen LogP contribution >= 0.6 is 15.9 Å². The van der Waals surface area contributed by atoms with Crippen LogP contribution in [0.4, 0.5) is 4.39 Å². The van der Waals surface area contributed by atoms with Gasteiger partial charge in [-0.15, -0.1) is 0 Å². The van der Waals surface area contributed by atoms with Gasteiger partial charge in [-0.2, -0.15) is 0 Å². The van der Waals surface area contributed by atoms with E-state index in [9.17, 15) is 9.18 Å². The van der Waals surface area contributed by atoms with Crippen LogP contribution in [0.5, 0.6) is 0 Å². The Hall–Kier alpha value is -0.940. The third-order valence-corrected chi connectivity index (χ3v) is 4.00. The average Bonchev–Trinajstić information content (AvgIpc) is 2.38. The van der Waals surface area contributed by atoms with E-state index in [-0.39, 0.29) is 18.3 Å². The number of nitrogens with two attached hydrogens (primary N) is 1. The molecule has 0 saturated carbocycles. The molecule has 0 aliphatic heterocycles. The van der Waals surface area contributed by atoms with Gasteiger partial charge in [-0.05, 0) is 37.1 Å². The van der Waals surface area contributed by atoms with Crippen LogP contribution in [0.3, 0.4) is 0 Å². The number of rotatable bonds is 5. The third kappa shape index (κ3) is 3.53. The molecule has 0 saturated heterocycles. The Labute approximate surface area is 115 Å². The quantitative estimate of drug-likeness (QED) is 0.877. The number of nitrogens with one attached hydrogen (secondary N) is 1. The first kappa shape index (κ1) is 15.1. The molecule has 0 heterocycles. The van der Waals surface area contributed by atoms with Crippen LogP contribution < -0.4 is 11.1 Å². The molecule has 1 atom stereocenters. The first-order chi connectivity index (χ1) is 8.42. The van der Waals surface area contributed by atoms with Gasteiger partial charge in [0.25, 0.3) is 0 Å². The lowest BCUT2D eigenvalue weighted by Gasteiger charge is -2.25. The van der Waals surface area contributed by atoms with Crippen molar-refractivity contribution in [1.29, 1.82) is 0 Å². The molecule has 1 unspecified atom stereocenters. The summed E-state index contributed by atoms with van der Waals surface area (Å²) in [6.45, 7) is 4.32. The molecule has 1 rings (SSSR count). The summed E-state index contributed by atoms with van der Waals surface area (Å²) < 4.78 is 13.9. The van der Waals surface area contributed by atoms with E-state index in [1.807, 2.05) is 13.8 Å². The Kier molecular flexibility index (Phi) is 5.28. The second-order valence-corrected chi connectivity index (χ2v) is 5.39. The lowest BCUT2D eigenvalue weighted by molar-refractivity contribution is -0.130. The Balaban J connectivity index is 2.71. The van der Waals surface area contributed by atoms with E-state index in [4.69, 9.17) is 5.73 Å². The summed E-state index contributed by atoms with van der Waals surface area (Å²) in [6.07, 6.45) is 0.666. The predicted molar refractivity (Wildman–Crippen MR) is 73.4 cm³/mol. The van der Waals surface area contributed by atoms with E-state index in [2.05, 4.69) is 21.2 Å². The number of benzene rings is 1. The molecule has 0 fully saturated rings. The zero-order valence-corrected chi connectivity index (χ0v) is 12.2. The lowest BCUT2D eigenvalue weighted by atomic mass is 9.86. The molecule has 3 N–H and O–H groups in total. The second kappa shape index (κ2) is 6.29. The van der Waals surface area contributed by atoms with Gasteiger partial charge < -0.3 is 11.1 Å². The summed E-state index contributed by atoms with van der Waals surface area (Å²) in [4.78, 5) is 12.0. The largest absolute Gasteiger partial charge is 0.351 e. The van der Waals surface area contributed by atoms with E-state index in [0.717, 1.165) is 4.47 Å². The van der Waals surface area contributed by atoms with Gasteiger partial charge in [0.15, 0.2) is 0 Å². The molecule has 0 spiro atoms. The monoisotopic (exact) mass is 316 g/mol. The zero-order chi connectivity index (χ0) is 13.8. The minimum atomic E-state index is -0.570. The van der Waals surface area contributed by atoms with Crippen LogP contribution in [0, 0.1) is 11.2 Å². The topological polar surface area (TPSA) is 55.1 Å². The van der Waals surface area contributed by atoms with Gasteiger partial charge in [-0.1, -0.05) is 22.9 Å². The first-order valence-corrected chi connectivity index (χ1v) is 6.64. The molecule has 0 aliphatic carbocycles. The average molecular weight is 317 g/mol. The van der Waals surface area contributed by atoms with Gasteiger partial charge in [0.2, 0.25) is 5.91 Å². The Morgan fingerprint density at radius 1 is 1.56 bits per heavy atom. The van der Waals surface area contributed by atoms with Gasteiger partial charge in [0, 0.05) is 17.6 Å². The fraction of sp³-hybridized carbons (Fsp3) is 0.462. The molecule has 1 amide bonds. The standard InChI is InChI=1S/C13H18BrFN2O/c1-3-13(2,8-16)12(18)17-7-9-6-10(15)4-5-11(9)14/h4-6H,3,7-8,16H2,1-2H3,(H,17,18). The van der Waals surface area contributed by atoms with E-state index in [1.54, 1.807) is 6.07 Å². The molecule has 1 aromatic carbocycles. The zero-order valence-electron chi connectivity index (χ0n) is 10.6. The lowest BCUT2D eigenvalue weighted by Crippen LogP contribution is -2.43. The van der Waals surface area contributed by atoms with Crippen molar-refractivity contribution in [1.82, 2.24) is 5.32 Å². The van der Waals surface area contributed by atoms with Crippen molar-refractivity contribution in [2.45, 2.75) is 26.8 Å². The van der Waals surface area contributed by atoms with Gasteiger partial charge in [0.1, 0.15) is 5.82 Å². The van der Waals surface area contributed by atoms with Crippen LogP contribution in [-0.4, -0.2) is 12.5 Å². The van der Waals surface area contributed by atoms with Gasteiger partial charge in [-0.25, -0.2) is 4.39 Å². The maximum Gasteiger partial charge on any atom is 0.227 e. The summed E-state index contributed by atoms with van der Waals surface area (Å²) in [5.74, 6) is -0.428. The molecule has 100 valence electrons. The summed E-state index contributed by atoms with van der Waals surface area (Å²) in [5, 5.41) is 2.79. The summed E-state index contributed by atoms with van der Waals surface area (Å²) in [5.41, 5.74) is 5.75. The van der Waals surface area contributed by atoms with Gasteiger partial charge >= 0.3 is 0 Å². The Bertz CT molecular complexity index is 433. The fourth-order valence-corrected chi connectivity index (χ4v) is 1.85. The summed E-state index contributed by atoms with van der Waals surface area (Å²) in [7, 11) is 0. The van der Waals surface area contributed by atoms with Crippen LogP contribution in [0.1, 0.15) is 25.8 Å². The smallest absolute Gasteiger partial charge is 0.227 e. The van der Waals surface area contributed by atoms with Crippen LogP contribution in [0.2, 0.25) is 0 Å². The minimum Gasteiger partial charge on any atom is -0.351 e. The van der Waals surface area contributed by atoms with Crippen molar-refractivity contribution in [3.63, 3.8) is 0 Å². The number of carbonyl (C=O) groups excluding carboxylic acids is 1. The highest BCUT2D eigenvalue weighted by Gasteiger charge is 2.29. The van der Waals surface area contributed by atoms with Crippen LogP contribution in [0.25, 0.3) is 0 Å². The molecular formula is C13H18BrFN2O. The summed E-state index contributed by atoms with van der Waals surface area (Å²) in [6, 6.07) is 4.39. The van der Waals surface area contributed by atoms with Gasteiger partial charge in [0.05, 0.1) is 5.41 Å². The maximum absolute atomic E-state index is 13.1. The van der Waals surface area contributed by atoms with Crippen LogP contribution in [0.15, 0.2) is 22.7 Å². The Morgan fingerprint density at radius 2 is 2.22 bits per heavy atom. The molecule has 1 aromatic rings. The molecule has 0 bridgehead atoms. The van der Waals surface area contributed by atoms with E-state index >= 15 is 0 Å². The number of amides is 1. The first-order valence-electron chi connectivity index (χ1n) is 5.85. The molecule has 3 nitrogen and oxygen atoms in total. The van der Waals surface area contributed by atoms with Crippen LogP contribution in [-0.2, 0) is 11.3 Å². The van der Waals surface area contributed by atoms with Crippen molar-refractivity contribution < 1.29 is 9.18 Å². The molecule has 0 aliphatic rings. The second-order valence-electron chi connectivity index (χ2n) is 4.54. The number of halogens is 2. The SMILES string of the molecule is CCC(C)(CN)C(=O)NCc1cc(F)ccc1Br. The Morgan fingerprint density at radius 3 is 2.78 bits per heavy atom. The van der Waals surface area contributed by atoms with Crippen molar-refractivity contribution in [2.75, 3.05) is 6.54 Å². The van der Waals surface area contributed by atoms with E-state index in [1.165, 1.54) is 12.1 Å².